The Hall–Kier alpha value is -3.02. The Morgan fingerprint density at radius 1 is 1.14 bits per heavy atom. The fraction of sp³-hybridized carbons (Fsp3) is 0.364. The van der Waals surface area contributed by atoms with Gasteiger partial charge in [-0.05, 0) is 42.2 Å². The van der Waals surface area contributed by atoms with E-state index in [0.29, 0.717) is 28.7 Å². The van der Waals surface area contributed by atoms with Crippen LogP contribution in [0.2, 0.25) is 0 Å². The number of rotatable bonds is 10. The van der Waals surface area contributed by atoms with Gasteiger partial charge in [0, 0.05) is 5.56 Å². The highest BCUT2D eigenvalue weighted by molar-refractivity contribution is 5.86. The monoisotopic (exact) mass is 384 g/mol. The largest absolute Gasteiger partial charge is 0.493 e. The smallest absolute Gasteiger partial charge is 0.277 e. The van der Waals surface area contributed by atoms with E-state index >= 15 is 0 Å². The molecule has 28 heavy (non-hydrogen) atoms. The second kappa shape index (κ2) is 11.0. The summed E-state index contributed by atoms with van der Waals surface area (Å²) in [7, 11) is 3.12. The number of benzene rings is 2. The molecular weight excluding hydrogens is 356 g/mol. The first-order chi connectivity index (χ1) is 13.6. The number of hydrogen-bond donors (Lipinski definition) is 1. The predicted molar refractivity (Wildman–Crippen MR) is 111 cm³/mol. The highest BCUT2D eigenvalue weighted by Crippen LogP contribution is 2.29. The first kappa shape index (κ1) is 21.3. The van der Waals surface area contributed by atoms with Crippen molar-refractivity contribution in [2.75, 3.05) is 20.8 Å². The van der Waals surface area contributed by atoms with Crippen molar-refractivity contribution >= 4 is 12.1 Å². The molecule has 0 aliphatic heterocycles. The van der Waals surface area contributed by atoms with Crippen LogP contribution < -0.4 is 19.6 Å². The third-order valence-electron chi connectivity index (χ3n) is 4.37. The molecule has 0 heterocycles. The second-order valence-electron chi connectivity index (χ2n) is 6.42. The molecule has 0 aromatic heterocycles. The van der Waals surface area contributed by atoms with E-state index in [-0.39, 0.29) is 12.5 Å². The van der Waals surface area contributed by atoms with Crippen molar-refractivity contribution in [3.8, 4) is 17.2 Å². The van der Waals surface area contributed by atoms with Gasteiger partial charge in [-0.2, -0.15) is 5.10 Å². The molecule has 0 fully saturated rings. The van der Waals surface area contributed by atoms with Gasteiger partial charge in [-0.15, -0.1) is 0 Å². The molecule has 1 amide bonds. The van der Waals surface area contributed by atoms with E-state index in [2.05, 4.69) is 24.4 Å². The van der Waals surface area contributed by atoms with E-state index < -0.39 is 0 Å². The third kappa shape index (κ3) is 6.01. The normalized spacial score (nSPS) is 11.9. The van der Waals surface area contributed by atoms with Crippen molar-refractivity contribution in [3.05, 3.63) is 53.6 Å². The van der Waals surface area contributed by atoms with Crippen molar-refractivity contribution < 1.29 is 19.0 Å². The quantitative estimate of drug-likeness (QED) is 0.494. The van der Waals surface area contributed by atoms with Gasteiger partial charge < -0.3 is 14.2 Å². The van der Waals surface area contributed by atoms with E-state index in [1.807, 2.05) is 36.4 Å². The van der Waals surface area contributed by atoms with Crippen LogP contribution in [0.15, 0.2) is 47.6 Å². The molecule has 6 heteroatoms. The number of nitrogens with zero attached hydrogens (tertiary/aromatic N) is 1. The summed E-state index contributed by atoms with van der Waals surface area (Å²) in [5, 5.41) is 3.96. The van der Waals surface area contributed by atoms with Gasteiger partial charge in [0.15, 0.2) is 18.1 Å². The molecule has 0 aliphatic rings. The lowest BCUT2D eigenvalue weighted by Crippen LogP contribution is -2.24. The number of hydrazone groups is 1. The van der Waals surface area contributed by atoms with E-state index in [1.54, 1.807) is 20.3 Å². The fourth-order valence-corrected chi connectivity index (χ4v) is 2.86. The van der Waals surface area contributed by atoms with Crippen molar-refractivity contribution in [3.63, 3.8) is 0 Å². The van der Waals surface area contributed by atoms with Gasteiger partial charge in [0.2, 0.25) is 0 Å². The Bertz CT molecular complexity index is 788. The van der Waals surface area contributed by atoms with Crippen LogP contribution in [0.5, 0.6) is 17.2 Å². The van der Waals surface area contributed by atoms with Gasteiger partial charge in [-0.25, -0.2) is 5.43 Å². The van der Waals surface area contributed by atoms with Crippen LogP contribution in [0, 0.1) is 0 Å². The number of carbonyl (C=O) groups is 1. The summed E-state index contributed by atoms with van der Waals surface area (Å²) in [5.41, 5.74) is 4.41. The van der Waals surface area contributed by atoms with Gasteiger partial charge in [-0.1, -0.05) is 38.5 Å². The maximum absolute atomic E-state index is 11.9. The molecule has 2 aromatic rings. The number of carbonyl (C=O) groups excluding carboxylic acids is 1. The van der Waals surface area contributed by atoms with Gasteiger partial charge in [0.1, 0.15) is 5.75 Å². The lowest BCUT2D eigenvalue weighted by molar-refractivity contribution is -0.123. The minimum atomic E-state index is -0.346. The SMILES string of the molecule is CCCC(C)c1ccc(OCC(=O)NN=Cc2cccc(OC)c2OC)cc1. The van der Waals surface area contributed by atoms with Crippen LogP contribution in [0.25, 0.3) is 0 Å². The highest BCUT2D eigenvalue weighted by Gasteiger charge is 2.08. The molecule has 0 saturated heterocycles. The van der Waals surface area contributed by atoms with Crippen LogP contribution in [0.3, 0.4) is 0 Å². The van der Waals surface area contributed by atoms with Gasteiger partial charge in [0.05, 0.1) is 20.4 Å². The number of amides is 1. The Balaban J connectivity index is 1.85. The van der Waals surface area contributed by atoms with Crippen LogP contribution in [0.4, 0.5) is 0 Å². The zero-order valence-electron chi connectivity index (χ0n) is 16.9. The Kier molecular flexibility index (Phi) is 8.34. The average molecular weight is 384 g/mol. The third-order valence-corrected chi connectivity index (χ3v) is 4.37. The van der Waals surface area contributed by atoms with E-state index in [9.17, 15) is 4.79 Å². The van der Waals surface area contributed by atoms with E-state index in [0.717, 1.165) is 12.8 Å². The molecule has 0 bridgehead atoms. The molecule has 1 unspecified atom stereocenters. The molecule has 1 atom stereocenters. The molecule has 0 radical (unpaired) electrons. The predicted octanol–water partition coefficient (Wildman–Crippen LogP) is 4.14. The Labute approximate surface area is 166 Å². The van der Waals surface area contributed by atoms with Crippen LogP contribution in [-0.4, -0.2) is 32.9 Å². The Morgan fingerprint density at radius 3 is 2.54 bits per heavy atom. The van der Waals surface area contributed by atoms with Crippen LogP contribution in [0.1, 0.15) is 43.7 Å². The summed E-state index contributed by atoms with van der Waals surface area (Å²) in [6, 6.07) is 13.3. The lowest BCUT2D eigenvalue weighted by atomic mass is 9.97. The summed E-state index contributed by atoms with van der Waals surface area (Å²) in [6.07, 6.45) is 3.81. The summed E-state index contributed by atoms with van der Waals surface area (Å²) in [5.74, 6) is 1.97. The van der Waals surface area contributed by atoms with Crippen molar-refractivity contribution in [1.82, 2.24) is 5.43 Å². The number of nitrogens with one attached hydrogen (secondary N) is 1. The summed E-state index contributed by atoms with van der Waals surface area (Å²) < 4.78 is 16.1. The van der Waals surface area contributed by atoms with Gasteiger partial charge in [0.25, 0.3) is 5.91 Å². The van der Waals surface area contributed by atoms with E-state index in [4.69, 9.17) is 14.2 Å². The van der Waals surface area contributed by atoms with Gasteiger partial charge >= 0.3 is 0 Å². The first-order valence-corrected chi connectivity index (χ1v) is 9.34. The highest BCUT2D eigenvalue weighted by atomic mass is 16.5. The topological polar surface area (TPSA) is 69.2 Å². The molecule has 2 aromatic carbocycles. The summed E-state index contributed by atoms with van der Waals surface area (Å²) in [6.45, 7) is 4.28. The number of hydrogen-bond acceptors (Lipinski definition) is 5. The van der Waals surface area contributed by atoms with Crippen molar-refractivity contribution in [2.45, 2.75) is 32.6 Å². The minimum absolute atomic E-state index is 0.115. The maximum Gasteiger partial charge on any atom is 0.277 e. The Morgan fingerprint density at radius 2 is 1.89 bits per heavy atom. The summed E-state index contributed by atoms with van der Waals surface area (Å²) in [4.78, 5) is 11.9. The standard InChI is InChI=1S/C22H28N2O4/c1-5-7-16(2)17-10-12-19(13-11-17)28-15-21(25)24-23-14-18-8-6-9-20(26-3)22(18)27-4/h6,8-14,16H,5,7,15H2,1-4H3,(H,24,25). The number of para-hydroxylation sites is 1. The molecule has 0 spiro atoms. The fourth-order valence-electron chi connectivity index (χ4n) is 2.86. The van der Waals surface area contributed by atoms with Crippen molar-refractivity contribution in [1.29, 1.82) is 0 Å². The molecule has 150 valence electrons. The average Bonchev–Trinajstić information content (AvgIpc) is 2.72. The zero-order chi connectivity index (χ0) is 20.4. The zero-order valence-corrected chi connectivity index (χ0v) is 16.9. The molecular formula is C22H28N2O4. The molecule has 2 rings (SSSR count). The van der Waals surface area contributed by atoms with E-state index in [1.165, 1.54) is 11.8 Å². The lowest BCUT2D eigenvalue weighted by Gasteiger charge is -2.11. The van der Waals surface area contributed by atoms with Crippen LogP contribution in [-0.2, 0) is 4.79 Å². The van der Waals surface area contributed by atoms with Gasteiger partial charge in [-0.3, -0.25) is 4.79 Å². The second-order valence-corrected chi connectivity index (χ2v) is 6.42. The number of ether oxygens (including phenoxy) is 3. The van der Waals surface area contributed by atoms with Crippen molar-refractivity contribution in [2.24, 2.45) is 5.10 Å². The molecule has 0 saturated carbocycles. The maximum atomic E-state index is 11.9. The molecule has 6 nitrogen and oxygen atoms in total. The molecule has 1 N–H and O–H groups in total. The van der Waals surface area contributed by atoms with Crippen LogP contribution >= 0.6 is 0 Å². The minimum Gasteiger partial charge on any atom is -0.493 e. The summed E-state index contributed by atoms with van der Waals surface area (Å²) >= 11 is 0. The molecule has 0 aliphatic carbocycles. The number of methoxy groups -OCH3 is 2. The first-order valence-electron chi connectivity index (χ1n) is 9.34.